The van der Waals surface area contributed by atoms with Gasteiger partial charge in [-0.1, -0.05) is 0 Å². The normalized spacial score (nSPS) is 15.4. The number of ether oxygens (including phenoxy) is 2. The molecule has 1 fully saturated rings. The summed E-state index contributed by atoms with van der Waals surface area (Å²) in [6.07, 6.45) is 4.75. The van der Waals surface area contributed by atoms with E-state index >= 15 is 0 Å². The topological polar surface area (TPSA) is 129 Å². The molecule has 0 saturated carbocycles. The molecule has 0 bridgehead atoms. The minimum Gasteiger partial charge on any atom is -0.453 e. The highest BCUT2D eigenvalue weighted by Crippen LogP contribution is 2.26. The second-order valence-electron chi connectivity index (χ2n) is 6.60. The van der Waals surface area contributed by atoms with Crippen LogP contribution < -0.4 is 10.5 Å². The Morgan fingerprint density at radius 1 is 1.40 bits per heavy atom. The summed E-state index contributed by atoms with van der Waals surface area (Å²) < 4.78 is 11.2. The first-order valence-corrected chi connectivity index (χ1v) is 9.55. The molecule has 1 aliphatic heterocycles. The molecule has 10 heteroatoms. The van der Waals surface area contributed by atoms with Gasteiger partial charge in [0.1, 0.15) is 5.75 Å². The van der Waals surface area contributed by atoms with E-state index < -0.39 is 4.92 Å². The van der Waals surface area contributed by atoms with Crippen molar-refractivity contribution < 1.29 is 14.4 Å². The average Bonchev–Trinajstić information content (AvgIpc) is 2.76. The first-order chi connectivity index (χ1) is 14.6. The Kier molecular flexibility index (Phi) is 7.41. The van der Waals surface area contributed by atoms with Crippen LogP contribution in [0.15, 0.2) is 41.7 Å². The zero-order valence-corrected chi connectivity index (χ0v) is 16.7. The van der Waals surface area contributed by atoms with Crippen molar-refractivity contribution in [2.75, 3.05) is 39.4 Å². The van der Waals surface area contributed by atoms with E-state index in [0.29, 0.717) is 35.0 Å². The fourth-order valence-electron chi connectivity index (χ4n) is 2.89. The molecule has 2 N–H and O–H groups in total. The van der Waals surface area contributed by atoms with E-state index in [0.717, 1.165) is 32.8 Å². The lowest BCUT2D eigenvalue weighted by Crippen LogP contribution is -2.37. The predicted octanol–water partition coefficient (Wildman–Crippen LogP) is 2.19. The van der Waals surface area contributed by atoms with Gasteiger partial charge in [0, 0.05) is 62.9 Å². The molecule has 2 aromatic rings. The number of nitrogens with two attached hydrogens (primary N) is 1. The Labute approximate surface area is 174 Å². The Morgan fingerprint density at radius 3 is 2.90 bits per heavy atom. The molecular formula is C20H24N6O4. The zero-order valence-electron chi connectivity index (χ0n) is 16.7. The maximum atomic E-state index is 10.8. The average molecular weight is 412 g/mol. The lowest BCUT2D eigenvalue weighted by Gasteiger charge is -2.25. The highest BCUT2D eigenvalue weighted by molar-refractivity contribution is 6.08. The fourth-order valence-corrected chi connectivity index (χ4v) is 2.89. The number of nitrogens with zero attached hydrogens (tertiary/aromatic N) is 5. The number of allylic oxidation sites excluding steroid dienone is 1. The fraction of sp³-hybridized carbons (Fsp3) is 0.350. The number of pyridine rings is 2. The molecular weight excluding hydrogens is 388 g/mol. The Morgan fingerprint density at radius 2 is 2.20 bits per heavy atom. The van der Waals surface area contributed by atoms with Gasteiger partial charge >= 0.3 is 5.82 Å². The van der Waals surface area contributed by atoms with Crippen molar-refractivity contribution >= 4 is 17.6 Å². The van der Waals surface area contributed by atoms with Crippen molar-refractivity contribution in [1.82, 2.24) is 14.9 Å². The van der Waals surface area contributed by atoms with Crippen molar-refractivity contribution in [1.29, 1.82) is 0 Å². The number of aromatic nitrogens is 2. The molecule has 0 aliphatic carbocycles. The molecule has 2 aromatic heterocycles. The summed E-state index contributed by atoms with van der Waals surface area (Å²) in [6.45, 7) is 6.54. The third-order valence-corrected chi connectivity index (χ3v) is 4.52. The van der Waals surface area contributed by atoms with Gasteiger partial charge in [-0.05, 0) is 22.0 Å². The van der Waals surface area contributed by atoms with E-state index in [2.05, 4.69) is 19.9 Å². The molecule has 0 spiro atoms. The number of hydrogen-bond acceptors (Lipinski definition) is 9. The van der Waals surface area contributed by atoms with Gasteiger partial charge in [-0.3, -0.25) is 14.9 Å². The Balaban J connectivity index is 1.64. The summed E-state index contributed by atoms with van der Waals surface area (Å²) in [5.74, 6) is 0.715. The summed E-state index contributed by atoms with van der Waals surface area (Å²) in [7, 11) is 0. The maximum Gasteiger partial charge on any atom is 0.363 e. The summed E-state index contributed by atoms with van der Waals surface area (Å²) in [6, 6.07) is 6.24. The van der Waals surface area contributed by atoms with E-state index in [4.69, 9.17) is 15.2 Å². The van der Waals surface area contributed by atoms with E-state index in [9.17, 15) is 10.1 Å². The molecule has 0 amide bonds. The van der Waals surface area contributed by atoms with Crippen LogP contribution in [0, 0.1) is 17.0 Å². The minimum atomic E-state index is -0.544. The lowest BCUT2D eigenvalue weighted by atomic mass is 10.2. The smallest absolute Gasteiger partial charge is 0.363 e. The summed E-state index contributed by atoms with van der Waals surface area (Å²) >= 11 is 0. The highest BCUT2D eigenvalue weighted by Gasteiger charge is 2.14. The maximum absolute atomic E-state index is 10.8. The first kappa shape index (κ1) is 21.3. The minimum absolute atomic E-state index is 0.225. The number of hydrogen-bond donors (Lipinski definition) is 1. The van der Waals surface area contributed by atoms with Crippen molar-refractivity contribution in [2.45, 2.75) is 6.92 Å². The van der Waals surface area contributed by atoms with Gasteiger partial charge in [-0.25, -0.2) is 0 Å². The molecule has 1 saturated heterocycles. The van der Waals surface area contributed by atoms with Crippen molar-refractivity contribution in [3.8, 4) is 11.5 Å². The number of aryl methyl sites for hydroxylation is 1. The van der Waals surface area contributed by atoms with Crippen molar-refractivity contribution in [3.05, 3.63) is 58.2 Å². The zero-order chi connectivity index (χ0) is 21.3. The molecule has 1 aliphatic rings. The highest BCUT2D eigenvalue weighted by atomic mass is 16.6. The predicted molar refractivity (Wildman–Crippen MR) is 113 cm³/mol. The largest absolute Gasteiger partial charge is 0.453 e. The standard InChI is InChI=1S/C20H24N6O4/c1-15-19(2-3-20(24-15)26(27)28)30-17-4-5-23-18(12-17)16(13-21)14-22-6-7-25-8-10-29-11-9-25/h2-5,12-14H,6-11,21H2,1H3. The van der Waals surface area contributed by atoms with Gasteiger partial charge in [0.05, 0.1) is 25.5 Å². The van der Waals surface area contributed by atoms with Crippen LogP contribution >= 0.6 is 0 Å². The molecule has 0 aromatic carbocycles. The van der Waals surface area contributed by atoms with E-state index in [1.807, 2.05) is 0 Å². The van der Waals surface area contributed by atoms with Gasteiger partial charge in [0.25, 0.3) is 0 Å². The second kappa shape index (κ2) is 10.4. The third-order valence-electron chi connectivity index (χ3n) is 4.52. The number of aliphatic imine (C=N–C) groups is 1. The molecule has 0 unspecified atom stereocenters. The monoisotopic (exact) mass is 412 g/mol. The summed E-state index contributed by atoms with van der Waals surface area (Å²) in [4.78, 5) is 25.3. The molecule has 0 radical (unpaired) electrons. The van der Waals surface area contributed by atoms with E-state index in [1.165, 1.54) is 18.3 Å². The lowest BCUT2D eigenvalue weighted by molar-refractivity contribution is -0.389. The molecule has 0 atom stereocenters. The van der Waals surface area contributed by atoms with Crippen LogP contribution in [0.3, 0.4) is 0 Å². The molecule has 30 heavy (non-hydrogen) atoms. The van der Waals surface area contributed by atoms with Crippen LogP contribution in [0.25, 0.3) is 5.57 Å². The molecule has 3 rings (SSSR count). The van der Waals surface area contributed by atoms with Crippen molar-refractivity contribution in [3.63, 3.8) is 0 Å². The second-order valence-corrected chi connectivity index (χ2v) is 6.60. The van der Waals surface area contributed by atoms with Crippen molar-refractivity contribution in [2.24, 2.45) is 10.7 Å². The van der Waals surface area contributed by atoms with Crippen LogP contribution in [0.2, 0.25) is 0 Å². The van der Waals surface area contributed by atoms with Crippen LogP contribution in [0.4, 0.5) is 5.82 Å². The van der Waals surface area contributed by atoms with Crippen LogP contribution in [0.1, 0.15) is 11.4 Å². The van der Waals surface area contributed by atoms with Gasteiger partial charge < -0.3 is 25.3 Å². The Hall–Kier alpha value is -3.37. The molecule has 10 nitrogen and oxygen atoms in total. The van der Waals surface area contributed by atoms with Gasteiger partial charge in [-0.15, -0.1) is 0 Å². The Bertz CT molecular complexity index is 941. The van der Waals surface area contributed by atoms with Gasteiger partial charge in [0.2, 0.25) is 0 Å². The number of nitro groups is 1. The van der Waals surface area contributed by atoms with Crippen LogP contribution in [0.5, 0.6) is 11.5 Å². The number of rotatable bonds is 8. The third kappa shape index (κ3) is 5.82. The molecule has 3 heterocycles. The first-order valence-electron chi connectivity index (χ1n) is 9.55. The van der Waals surface area contributed by atoms with Crippen LogP contribution in [-0.2, 0) is 4.74 Å². The van der Waals surface area contributed by atoms with Gasteiger partial charge in [0.15, 0.2) is 11.4 Å². The molecule has 158 valence electrons. The summed E-state index contributed by atoms with van der Waals surface area (Å²) in [5, 5.41) is 10.8. The van der Waals surface area contributed by atoms with E-state index in [1.54, 1.807) is 31.5 Å². The quantitative estimate of drug-likeness (QED) is 0.397. The van der Waals surface area contributed by atoms with Gasteiger partial charge in [-0.2, -0.15) is 0 Å². The summed E-state index contributed by atoms with van der Waals surface area (Å²) in [5.41, 5.74) is 7.46. The van der Waals surface area contributed by atoms with Crippen LogP contribution in [-0.4, -0.2) is 65.4 Å². The number of morpholine rings is 1. The van der Waals surface area contributed by atoms with E-state index in [-0.39, 0.29) is 5.82 Å². The SMILES string of the molecule is Cc1nc([N+](=O)[O-])ccc1Oc1ccnc(C(C=NCCN2CCOCC2)=CN)c1.